The molecule has 3 heterocycles. The average Bonchev–Trinajstić information content (AvgIpc) is 2.72. The summed E-state index contributed by atoms with van der Waals surface area (Å²) in [6.45, 7) is 5.29. The normalized spacial score (nSPS) is 14.4. The number of hydrogen-bond donors (Lipinski definition) is 1. The van der Waals surface area contributed by atoms with Crippen LogP contribution >= 0.6 is 0 Å². The van der Waals surface area contributed by atoms with Crippen LogP contribution in [0.4, 0.5) is 0 Å². The van der Waals surface area contributed by atoms with Crippen molar-refractivity contribution in [1.29, 1.82) is 0 Å². The molecule has 4 rings (SSSR count). The van der Waals surface area contributed by atoms with Gasteiger partial charge in [-0.25, -0.2) is 4.98 Å². The molecule has 1 aromatic carbocycles. The van der Waals surface area contributed by atoms with Gasteiger partial charge < -0.3 is 10.2 Å². The first-order valence-electron chi connectivity index (χ1n) is 9.44. The molecule has 1 saturated heterocycles. The topological polar surface area (TPSA) is 75.2 Å². The van der Waals surface area contributed by atoms with Crippen LogP contribution in [0.3, 0.4) is 0 Å². The Kier molecular flexibility index (Phi) is 4.77. The van der Waals surface area contributed by atoms with E-state index in [0.717, 1.165) is 22.0 Å². The molecular weight excluding hydrogens is 352 g/mol. The summed E-state index contributed by atoms with van der Waals surface area (Å²) in [5.41, 5.74) is 4.02. The number of nitrogens with zero attached hydrogens (tertiary/aromatic N) is 3. The van der Waals surface area contributed by atoms with Gasteiger partial charge in [0.1, 0.15) is 0 Å². The van der Waals surface area contributed by atoms with Crippen molar-refractivity contribution >= 4 is 22.7 Å². The van der Waals surface area contributed by atoms with E-state index in [1.54, 1.807) is 17.3 Å². The van der Waals surface area contributed by atoms with Gasteiger partial charge in [-0.15, -0.1) is 0 Å². The lowest BCUT2D eigenvalue weighted by Crippen LogP contribution is -2.50. The van der Waals surface area contributed by atoms with E-state index in [4.69, 9.17) is 4.98 Å². The lowest BCUT2D eigenvalue weighted by molar-refractivity contribution is -0.123. The molecule has 1 fully saturated rings. The lowest BCUT2D eigenvalue weighted by atomic mass is 9.97. The molecule has 0 radical (unpaired) electrons. The van der Waals surface area contributed by atoms with Gasteiger partial charge in [0, 0.05) is 36.4 Å². The van der Waals surface area contributed by atoms with Crippen LogP contribution < -0.4 is 5.32 Å². The van der Waals surface area contributed by atoms with Gasteiger partial charge in [-0.1, -0.05) is 19.9 Å². The molecule has 1 aliphatic rings. The maximum absolute atomic E-state index is 13.3. The van der Waals surface area contributed by atoms with E-state index in [-0.39, 0.29) is 18.4 Å². The van der Waals surface area contributed by atoms with E-state index in [2.05, 4.69) is 30.2 Å². The molecule has 1 aliphatic heterocycles. The molecule has 0 spiro atoms. The molecule has 0 saturated carbocycles. The minimum atomic E-state index is -0.145. The summed E-state index contributed by atoms with van der Waals surface area (Å²) in [4.78, 5) is 35.6. The Morgan fingerprint density at radius 1 is 1.21 bits per heavy atom. The predicted molar refractivity (Wildman–Crippen MR) is 108 cm³/mol. The number of aromatic nitrogens is 2. The van der Waals surface area contributed by atoms with Crippen LogP contribution in [0.15, 0.2) is 48.8 Å². The summed E-state index contributed by atoms with van der Waals surface area (Å²) in [6, 6.07) is 11.6. The minimum absolute atomic E-state index is 0.0781. The van der Waals surface area contributed by atoms with Crippen molar-refractivity contribution in [3.8, 4) is 11.3 Å². The van der Waals surface area contributed by atoms with Crippen molar-refractivity contribution in [2.45, 2.75) is 19.8 Å². The number of piperazine rings is 1. The molecule has 142 valence electrons. The van der Waals surface area contributed by atoms with Gasteiger partial charge in [0.2, 0.25) is 5.91 Å². The largest absolute Gasteiger partial charge is 0.353 e. The summed E-state index contributed by atoms with van der Waals surface area (Å²) in [5.74, 6) is 0.0627. The summed E-state index contributed by atoms with van der Waals surface area (Å²) >= 11 is 0. The maximum Gasteiger partial charge on any atom is 0.255 e. The van der Waals surface area contributed by atoms with Crippen LogP contribution in [0.25, 0.3) is 22.2 Å². The molecule has 0 atom stereocenters. The van der Waals surface area contributed by atoms with Crippen molar-refractivity contribution in [3.63, 3.8) is 0 Å². The monoisotopic (exact) mass is 374 g/mol. The first-order valence-corrected chi connectivity index (χ1v) is 9.44. The summed E-state index contributed by atoms with van der Waals surface area (Å²) in [5, 5.41) is 3.58. The van der Waals surface area contributed by atoms with Crippen molar-refractivity contribution in [3.05, 3.63) is 59.9 Å². The molecule has 6 heteroatoms. The van der Waals surface area contributed by atoms with E-state index < -0.39 is 0 Å². The van der Waals surface area contributed by atoms with Crippen molar-refractivity contribution in [1.82, 2.24) is 20.2 Å². The fraction of sp³-hybridized carbons (Fsp3) is 0.273. The van der Waals surface area contributed by atoms with E-state index in [0.29, 0.717) is 30.3 Å². The molecule has 2 amide bonds. The quantitative estimate of drug-likeness (QED) is 0.765. The van der Waals surface area contributed by atoms with Gasteiger partial charge in [-0.3, -0.25) is 14.6 Å². The Balaban J connectivity index is 1.88. The third kappa shape index (κ3) is 3.45. The number of nitrogens with one attached hydrogen (secondary N) is 1. The van der Waals surface area contributed by atoms with E-state index in [1.807, 2.05) is 30.3 Å². The van der Waals surface area contributed by atoms with Crippen LogP contribution in [-0.4, -0.2) is 46.3 Å². The fourth-order valence-corrected chi connectivity index (χ4v) is 3.42. The highest BCUT2D eigenvalue weighted by atomic mass is 16.2. The highest BCUT2D eigenvalue weighted by Crippen LogP contribution is 2.28. The number of benzene rings is 1. The Bertz CT molecular complexity index is 1050. The number of hydrogen-bond acceptors (Lipinski definition) is 4. The molecule has 2 aromatic heterocycles. The Morgan fingerprint density at radius 3 is 2.79 bits per heavy atom. The molecule has 0 aliphatic carbocycles. The third-order valence-corrected chi connectivity index (χ3v) is 5.01. The summed E-state index contributed by atoms with van der Waals surface area (Å²) in [7, 11) is 0. The van der Waals surface area contributed by atoms with E-state index >= 15 is 0 Å². The Hall–Kier alpha value is -3.28. The maximum atomic E-state index is 13.3. The highest BCUT2D eigenvalue weighted by Gasteiger charge is 2.25. The molecule has 3 aromatic rings. The van der Waals surface area contributed by atoms with Crippen LogP contribution in [0.2, 0.25) is 0 Å². The van der Waals surface area contributed by atoms with Gasteiger partial charge in [0.15, 0.2) is 0 Å². The molecule has 0 unspecified atom stereocenters. The molecule has 1 N–H and O–H groups in total. The Morgan fingerprint density at radius 2 is 2.07 bits per heavy atom. The van der Waals surface area contributed by atoms with Crippen LogP contribution in [0.5, 0.6) is 0 Å². The highest BCUT2D eigenvalue weighted by molar-refractivity contribution is 6.08. The van der Waals surface area contributed by atoms with Crippen LogP contribution in [-0.2, 0) is 4.79 Å². The minimum Gasteiger partial charge on any atom is -0.353 e. The summed E-state index contributed by atoms with van der Waals surface area (Å²) < 4.78 is 0. The smallest absolute Gasteiger partial charge is 0.255 e. The van der Waals surface area contributed by atoms with Gasteiger partial charge in [-0.05, 0) is 41.8 Å². The fourth-order valence-electron chi connectivity index (χ4n) is 3.42. The number of carbonyl (C=O) groups excluding carboxylic acids is 2. The predicted octanol–water partition coefficient (Wildman–Crippen LogP) is 2.99. The van der Waals surface area contributed by atoms with E-state index in [1.165, 1.54) is 0 Å². The second-order valence-electron chi connectivity index (χ2n) is 7.30. The third-order valence-electron chi connectivity index (χ3n) is 5.01. The van der Waals surface area contributed by atoms with Gasteiger partial charge in [0.25, 0.3) is 5.91 Å². The second kappa shape index (κ2) is 7.38. The zero-order valence-corrected chi connectivity index (χ0v) is 16.0. The van der Waals surface area contributed by atoms with Crippen LogP contribution in [0, 0.1) is 0 Å². The SMILES string of the molecule is CC(C)c1ccc2nc(-c3cccnc3)cc(C(=O)N3CCNC(=O)C3)c2c1. The lowest BCUT2D eigenvalue weighted by Gasteiger charge is -2.27. The molecule has 0 bridgehead atoms. The van der Waals surface area contributed by atoms with Crippen molar-refractivity contribution in [2.75, 3.05) is 19.6 Å². The number of carbonyl (C=O) groups is 2. The molecule has 6 nitrogen and oxygen atoms in total. The molecule has 28 heavy (non-hydrogen) atoms. The van der Waals surface area contributed by atoms with E-state index in [9.17, 15) is 9.59 Å². The van der Waals surface area contributed by atoms with Crippen molar-refractivity contribution < 1.29 is 9.59 Å². The average molecular weight is 374 g/mol. The summed E-state index contributed by atoms with van der Waals surface area (Å²) in [6.07, 6.45) is 3.44. The second-order valence-corrected chi connectivity index (χ2v) is 7.30. The number of pyridine rings is 2. The zero-order chi connectivity index (χ0) is 19.7. The van der Waals surface area contributed by atoms with Gasteiger partial charge >= 0.3 is 0 Å². The van der Waals surface area contributed by atoms with Crippen molar-refractivity contribution in [2.24, 2.45) is 0 Å². The molecular formula is C22H22N4O2. The first kappa shape index (κ1) is 18.1. The zero-order valence-electron chi connectivity index (χ0n) is 16.0. The van der Waals surface area contributed by atoms with Gasteiger partial charge in [-0.2, -0.15) is 0 Å². The number of fused-ring (bicyclic) bond motifs is 1. The number of rotatable bonds is 3. The van der Waals surface area contributed by atoms with Gasteiger partial charge in [0.05, 0.1) is 23.3 Å². The van der Waals surface area contributed by atoms with Crippen LogP contribution in [0.1, 0.15) is 35.7 Å². The first-order chi connectivity index (χ1) is 13.5. The standard InChI is InChI=1S/C22H22N4O2/c1-14(2)15-5-6-19-17(10-15)18(22(28)26-9-8-24-21(27)13-26)11-20(25-19)16-4-3-7-23-12-16/h3-7,10-12,14H,8-9,13H2,1-2H3,(H,24,27). The Labute approximate surface area is 163 Å². The number of amides is 2.